The minimum Gasteiger partial charge on any atom is -0.360 e. The van der Waals surface area contributed by atoms with Gasteiger partial charge in [0.25, 0.3) is 5.91 Å². The van der Waals surface area contributed by atoms with Crippen molar-refractivity contribution >= 4 is 11.6 Å². The van der Waals surface area contributed by atoms with E-state index in [9.17, 15) is 18.0 Å². The smallest absolute Gasteiger partial charge is 0.360 e. The van der Waals surface area contributed by atoms with Gasteiger partial charge in [0.1, 0.15) is 0 Å². The standard InChI is InChI=1S/C18H26F3N3O/c1-14(2)6-7-22-17(25)13-23-8-10-24(11-9-23)16-5-3-4-15(12-16)18(19,20)21/h3-5,12,14H,6-11,13H2,1-2H3,(H,22,25)/p+1. The Hall–Kier alpha value is -1.76. The molecule has 0 saturated carbocycles. The number of nitrogens with zero attached hydrogens (tertiary/aromatic N) is 1. The summed E-state index contributed by atoms with van der Waals surface area (Å²) in [5.41, 5.74) is -0.0282. The van der Waals surface area contributed by atoms with Crippen LogP contribution in [0.15, 0.2) is 24.3 Å². The number of carbonyl (C=O) groups excluding carboxylic acids is 1. The molecule has 1 aliphatic heterocycles. The van der Waals surface area contributed by atoms with E-state index in [0.717, 1.165) is 25.6 Å². The van der Waals surface area contributed by atoms with Crippen LogP contribution >= 0.6 is 0 Å². The third-order valence-electron chi connectivity index (χ3n) is 4.46. The number of rotatable bonds is 6. The molecule has 1 fully saturated rings. The molecule has 0 aromatic heterocycles. The zero-order chi connectivity index (χ0) is 18.4. The number of halogens is 3. The summed E-state index contributed by atoms with van der Waals surface area (Å²) in [5.74, 6) is 0.604. The van der Waals surface area contributed by atoms with Gasteiger partial charge >= 0.3 is 6.18 Å². The van der Waals surface area contributed by atoms with Crippen molar-refractivity contribution in [2.24, 2.45) is 5.92 Å². The summed E-state index contributed by atoms with van der Waals surface area (Å²) in [6.45, 7) is 8.14. The van der Waals surface area contributed by atoms with E-state index in [4.69, 9.17) is 0 Å². The van der Waals surface area contributed by atoms with E-state index in [0.29, 0.717) is 37.8 Å². The van der Waals surface area contributed by atoms with Gasteiger partial charge in [-0.05, 0) is 30.5 Å². The maximum Gasteiger partial charge on any atom is 0.416 e. The molecule has 0 aliphatic carbocycles. The van der Waals surface area contributed by atoms with Crippen molar-refractivity contribution in [2.45, 2.75) is 26.4 Å². The third kappa shape index (κ3) is 6.23. The number of benzene rings is 1. The van der Waals surface area contributed by atoms with Crippen LogP contribution in [0.4, 0.5) is 18.9 Å². The number of hydrogen-bond acceptors (Lipinski definition) is 2. The Balaban J connectivity index is 1.81. The lowest BCUT2D eigenvalue weighted by atomic mass is 10.1. The lowest BCUT2D eigenvalue weighted by Gasteiger charge is -2.33. The lowest BCUT2D eigenvalue weighted by molar-refractivity contribution is -0.892. The fourth-order valence-corrected chi connectivity index (χ4v) is 2.93. The largest absolute Gasteiger partial charge is 0.416 e. The highest BCUT2D eigenvalue weighted by Gasteiger charge is 2.31. The van der Waals surface area contributed by atoms with Crippen molar-refractivity contribution in [3.8, 4) is 0 Å². The van der Waals surface area contributed by atoms with E-state index in [1.54, 1.807) is 6.07 Å². The summed E-state index contributed by atoms with van der Waals surface area (Å²) in [7, 11) is 0. The number of quaternary nitrogens is 1. The fraction of sp³-hybridized carbons (Fsp3) is 0.611. The maximum atomic E-state index is 12.8. The first kappa shape index (κ1) is 19.6. The van der Waals surface area contributed by atoms with Gasteiger partial charge in [0, 0.05) is 12.2 Å². The van der Waals surface area contributed by atoms with E-state index < -0.39 is 11.7 Å². The molecular formula is C18H27F3N3O+. The summed E-state index contributed by atoms with van der Waals surface area (Å²) < 4.78 is 38.5. The molecule has 4 nitrogen and oxygen atoms in total. The van der Waals surface area contributed by atoms with Crippen LogP contribution in [0.3, 0.4) is 0 Å². The number of alkyl halides is 3. The van der Waals surface area contributed by atoms with Crippen LogP contribution in [0.5, 0.6) is 0 Å². The Labute approximate surface area is 147 Å². The number of anilines is 1. The number of amides is 1. The Morgan fingerprint density at radius 2 is 1.96 bits per heavy atom. The van der Waals surface area contributed by atoms with Crippen molar-refractivity contribution in [2.75, 3.05) is 44.2 Å². The molecule has 7 heteroatoms. The number of carbonyl (C=O) groups is 1. The van der Waals surface area contributed by atoms with Crippen LogP contribution in [-0.4, -0.2) is 45.2 Å². The molecule has 0 radical (unpaired) electrons. The highest BCUT2D eigenvalue weighted by Crippen LogP contribution is 2.31. The number of piperazine rings is 1. The first-order valence-corrected chi connectivity index (χ1v) is 8.78. The molecule has 0 spiro atoms. The van der Waals surface area contributed by atoms with Crippen molar-refractivity contribution in [1.29, 1.82) is 0 Å². The van der Waals surface area contributed by atoms with Crippen LogP contribution < -0.4 is 15.1 Å². The molecular weight excluding hydrogens is 331 g/mol. The van der Waals surface area contributed by atoms with E-state index in [1.165, 1.54) is 17.0 Å². The number of hydrogen-bond donors (Lipinski definition) is 2. The molecule has 0 bridgehead atoms. The molecule has 2 N–H and O–H groups in total. The normalized spacial score (nSPS) is 16.3. The third-order valence-corrected chi connectivity index (χ3v) is 4.46. The molecule has 1 aromatic carbocycles. The molecule has 1 aliphatic rings. The Bertz CT molecular complexity index is 567. The van der Waals surface area contributed by atoms with Crippen molar-refractivity contribution in [1.82, 2.24) is 5.32 Å². The van der Waals surface area contributed by atoms with Gasteiger partial charge in [0.2, 0.25) is 0 Å². The van der Waals surface area contributed by atoms with Crippen LogP contribution in [-0.2, 0) is 11.0 Å². The molecule has 2 rings (SSSR count). The van der Waals surface area contributed by atoms with Gasteiger partial charge in [0.15, 0.2) is 6.54 Å². The van der Waals surface area contributed by atoms with Crippen molar-refractivity contribution in [3.63, 3.8) is 0 Å². The Morgan fingerprint density at radius 3 is 2.56 bits per heavy atom. The molecule has 0 unspecified atom stereocenters. The quantitative estimate of drug-likeness (QED) is 0.810. The first-order chi connectivity index (χ1) is 11.8. The van der Waals surface area contributed by atoms with E-state index in [1.807, 2.05) is 4.90 Å². The summed E-state index contributed by atoms with van der Waals surface area (Å²) >= 11 is 0. The fourth-order valence-electron chi connectivity index (χ4n) is 2.93. The zero-order valence-electron chi connectivity index (χ0n) is 14.8. The number of nitrogens with one attached hydrogen (secondary N) is 2. The highest BCUT2D eigenvalue weighted by molar-refractivity contribution is 5.76. The molecule has 1 aromatic rings. The Morgan fingerprint density at radius 1 is 1.28 bits per heavy atom. The van der Waals surface area contributed by atoms with E-state index in [-0.39, 0.29) is 5.91 Å². The van der Waals surface area contributed by atoms with E-state index >= 15 is 0 Å². The van der Waals surface area contributed by atoms with Crippen LogP contribution in [0.1, 0.15) is 25.8 Å². The second-order valence-electron chi connectivity index (χ2n) is 6.99. The maximum absolute atomic E-state index is 12.8. The van der Waals surface area contributed by atoms with Crippen LogP contribution in [0.25, 0.3) is 0 Å². The minimum atomic E-state index is -4.32. The first-order valence-electron chi connectivity index (χ1n) is 8.78. The average Bonchev–Trinajstić information content (AvgIpc) is 2.54. The van der Waals surface area contributed by atoms with Crippen LogP contribution in [0, 0.1) is 5.92 Å². The van der Waals surface area contributed by atoms with Gasteiger partial charge < -0.3 is 15.1 Å². The molecule has 25 heavy (non-hydrogen) atoms. The van der Waals surface area contributed by atoms with Gasteiger partial charge in [-0.1, -0.05) is 19.9 Å². The van der Waals surface area contributed by atoms with E-state index in [2.05, 4.69) is 19.2 Å². The molecule has 1 heterocycles. The molecule has 140 valence electrons. The molecule has 1 amide bonds. The average molecular weight is 358 g/mol. The van der Waals surface area contributed by atoms with Gasteiger partial charge in [0.05, 0.1) is 31.7 Å². The van der Waals surface area contributed by atoms with Crippen molar-refractivity contribution in [3.05, 3.63) is 29.8 Å². The highest BCUT2D eigenvalue weighted by atomic mass is 19.4. The lowest BCUT2D eigenvalue weighted by Crippen LogP contribution is -3.16. The van der Waals surface area contributed by atoms with Gasteiger partial charge in [-0.3, -0.25) is 4.79 Å². The van der Waals surface area contributed by atoms with Gasteiger partial charge in [-0.2, -0.15) is 13.2 Å². The summed E-state index contributed by atoms with van der Waals surface area (Å²) in [6, 6.07) is 5.44. The monoisotopic (exact) mass is 358 g/mol. The molecule has 0 atom stereocenters. The van der Waals surface area contributed by atoms with Crippen molar-refractivity contribution < 1.29 is 22.9 Å². The minimum absolute atomic E-state index is 0.0446. The summed E-state index contributed by atoms with van der Waals surface area (Å²) in [5, 5.41) is 2.93. The van der Waals surface area contributed by atoms with Gasteiger partial charge in [-0.25, -0.2) is 0 Å². The second-order valence-corrected chi connectivity index (χ2v) is 6.99. The Kier molecular flexibility index (Phi) is 6.70. The SMILES string of the molecule is CC(C)CCNC(=O)C[NH+]1CCN(c2cccc(C(F)(F)F)c2)CC1. The predicted molar refractivity (Wildman–Crippen MR) is 91.7 cm³/mol. The molecule has 1 saturated heterocycles. The summed E-state index contributed by atoms with van der Waals surface area (Å²) in [6.07, 6.45) is -3.36. The van der Waals surface area contributed by atoms with Gasteiger partial charge in [-0.15, -0.1) is 0 Å². The topological polar surface area (TPSA) is 36.8 Å². The predicted octanol–water partition coefficient (Wildman–Crippen LogP) is 1.57. The summed E-state index contributed by atoms with van der Waals surface area (Å²) in [4.78, 5) is 15.1. The van der Waals surface area contributed by atoms with Crippen LogP contribution in [0.2, 0.25) is 0 Å². The second kappa shape index (κ2) is 8.56. The zero-order valence-corrected chi connectivity index (χ0v) is 14.8.